The van der Waals surface area contributed by atoms with Gasteiger partial charge in [0.1, 0.15) is 0 Å². The fraction of sp³-hybridized carbons (Fsp3) is 0.833. The number of carboxylic acids is 1. The molecule has 0 aliphatic carbocycles. The van der Waals surface area contributed by atoms with E-state index in [0.717, 1.165) is 0 Å². The highest BCUT2D eigenvalue weighted by atomic mass is 32.2. The van der Waals surface area contributed by atoms with E-state index in [9.17, 15) is 18.0 Å². The van der Waals surface area contributed by atoms with Crippen molar-refractivity contribution < 1.29 is 27.9 Å². The Kier molecular flexibility index (Phi) is 7.15. The first-order valence-corrected chi connectivity index (χ1v) is 7.89. The van der Waals surface area contributed by atoms with Gasteiger partial charge in [0, 0.05) is 6.04 Å². The summed E-state index contributed by atoms with van der Waals surface area (Å²) in [6, 6.07) is -0.699. The van der Waals surface area contributed by atoms with Crippen LogP contribution in [0.4, 0.5) is 0 Å². The molecule has 0 saturated heterocycles. The van der Waals surface area contributed by atoms with Gasteiger partial charge >= 0.3 is 11.9 Å². The molecule has 2 N–H and O–H groups in total. The summed E-state index contributed by atoms with van der Waals surface area (Å²) in [5, 5.41) is 8.82. The van der Waals surface area contributed by atoms with E-state index in [0.29, 0.717) is 6.42 Å². The molecule has 1 atom stereocenters. The zero-order chi connectivity index (χ0) is 16.0. The number of carboxylic acid groups (broad SMARTS) is 1. The van der Waals surface area contributed by atoms with Gasteiger partial charge in [-0.2, -0.15) is 0 Å². The van der Waals surface area contributed by atoms with Crippen LogP contribution in [0.25, 0.3) is 0 Å². The molecule has 7 nitrogen and oxygen atoms in total. The van der Waals surface area contributed by atoms with Gasteiger partial charge in [0.25, 0.3) is 0 Å². The maximum atomic E-state index is 11.8. The number of carbonyl (C=O) groups excluding carboxylic acids is 1. The van der Waals surface area contributed by atoms with Crippen molar-refractivity contribution in [3.8, 4) is 0 Å². The van der Waals surface area contributed by atoms with E-state index in [1.807, 2.05) is 20.8 Å². The zero-order valence-electron chi connectivity index (χ0n) is 12.3. The van der Waals surface area contributed by atoms with Gasteiger partial charge < -0.3 is 9.84 Å². The van der Waals surface area contributed by atoms with E-state index in [1.54, 1.807) is 0 Å². The number of carbonyl (C=O) groups is 2. The van der Waals surface area contributed by atoms with Crippen molar-refractivity contribution in [1.82, 2.24) is 4.72 Å². The number of nitrogens with one attached hydrogen (secondary N) is 1. The number of esters is 1. The average molecular weight is 309 g/mol. The van der Waals surface area contributed by atoms with Gasteiger partial charge in [0.05, 0.1) is 25.7 Å². The molecule has 118 valence electrons. The second-order valence-electron chi connectivity index (χ2n) is 5.82. The lowest BCUT2D eigenvalue weighted by Crippen LogP contribution is -2.40. The van der Waals surface area contributed by atoms with Gasteiger partial charge in [-0.1, -0.05) is 20.8 Å². The predicted octanol–water partition coefficient (Wildman–Crippen LogP) is 0.748. The Balaban J connectivity index is 4.69. The van der Waals surface area contributed by atoms with Crippen molar-refractivity contribution in [3.05, 3.63) is 0 Å². The molecular formula is C12H23NO6S. The molecule has 1 unspecified atom stereocenters. The third-order valence-electron chi connectivity index (χ3n) is 2.43. The standard InChI is InChI=1S/C12H23NO6S/c1-12(2,3)8-9(7-10(14)15)13-20(17,18)6-5-11(16)19-4/h9,13H,5-8H2,1-4H3,(H,14,15). The molecule has 0 aromatic heterocycles. The lowest BCUT2D eigenvalue weighted by molar-refractivity contribution is -0.140. The normalized spacial score (nSPS) is 13.8. The predicted molar refractivity (Wildman–Crippen MR) is 73.7 cm³/mol. The van der Waals surface area contributed by atoms with Crippen molar-refractivity contribution in [2.45, 2.75) is 46.1 Å². The van der Waals surface area contributed by atoms with E-state index in [4.69, 9.17) is 5.11 Å². The molecule has 0 amide bonds. The largest absolute Gasteiger partial charge is 0.481 e. The van der Waals surface area contributed by atoms with Gasteiger partial charge in [-0.25, -0.2) is 13.1 Å². The molecule has 0 aromatic carbocycles. The van der Waals surface area contributed by atoms with Crippen molar-refractivity contribution in [2.24, 2.45) is 5.41 Å². The highest BCUT2D eigenvalue weighted by Crippen LogP contribution is 2.22. The first-order chi connectivity index (χ1) is 8.95. The molecule has 0 aliphatic heterocycles. The van der Waals surface area contributed by atoms with Crippen LogP contribution < -0.4 is 4.72 Å². The van der Waals surface area contributed by atoms with Crippen molar-refractivity contribution in [1.29, 1.82) is 0 Å². The Morgan fingerprint density at radius 3 is 2.25 bits per heavy atom. The summed E-state index contributed by atoms with van der Waals surface area (Å²) in [6.07, 6.45) is -0.174. The number of rotatable bonds is 8. The van der Waals surface area contributed by atoms with Crippen LogP contribution >= 0.6 is 0 Å². The summed E-state index contributed by atoms with van der Waals surface area (Å²) in [5.74, 6) is -2.11. The van der Waals surface area contributed by atoms with Crippen LogP contribution in [0.2, 0.25) is 0 Å². The van der Waals surface area contributed by atoms with E-state index in [1.165, 1.54) is 7.11 Å². The van der Waals surface area contributed by atoms with Gasteiger partial charge in [-0.05, 0) is 11.8 Å². The lowest BCUT2D eigenvalue weighted by Gasteiger charge is -2.25. The third-order valence-corrected chi connectivity index (χ3v) is 3.86. The SMILES string of the molecule is COC(=O)CCS(=O)(=O)NC(CC(=O)O)CC(C)(C)C. The quantitative estimate of drug-likeness (QED) is 0.640. The molecule has 0 bridgehead atoms. The maximum absolute atomic E-state index is 11.8. The van der Waals surface area contributed by atoms with E-state index in [2.05, 4.69) is 9.46 Å². The van der Waals surface area contributed by atoms with E-state index < -0.39 is 33.8 Å². The molecule has 0 saturated carbocycles. The third kappa shape index (κ3) is 9.74. The van der Waals surface area contributed by atoms with Crippen LogP contribution in [0.15, 0.2) is 0 Å². The minimum absolute atomic E-state index is 0.217. The Labute approximate surface area is 119 Å². The summed E-state index contributed by atoms with van der Waals surface area (Å²) in [7, 11) is -2.54. The van der Waals surface area contributed by atoms with Crippen LogP contribution in [0.3, 0.4) is 0 Å². The fourth-order valence-corrected chi connectivity index (χ4v) is 2.97. The second kappa shape index (κ2) is 7.58. The second-order valence-corrected chi connectivity index (χ2v) is 7.70. The van der Waals surface area contributed by atoms with E-state index in [-0.39, 0.29) is 18.3 Å². The molecular weight excluding hydrogens is 286 g/mol. The van der Waals surface area contributed by atoms with Crippen molar-refractivity contribution in [2.75, 3.05) is 12.9 Å². The molecule has 0 fully saturated rings. The smallest absolute Gasteiger partial charge is 0.306 e. The Morgan fingerprint density at radius 1 is 1.30 bits per heavy atom. The van der Waals surface area contributed by atoms with Gasteiger partial charge in [0.15, 0.2) is 0 Å². The minimum atomic E-state index is -3.72. The summed E-state index contributed by atoms with van der Waals surface area (Å²) >= 11 is 0. The van der Waals surface area contributed by atoms with Crippen LogP contribution in [-0.2, 0) is 24.3 Å². The van der Waals surface area contributed by atoms with Crippen LogP contribution in [-0.4, -0.2) is 44.4 Å². The van der Waals surface area contributed by atoms with Crippen LogP contribution in [0.5, 0.6) is 0 Å². The number of aliphatic carboxylic acids is 1. The minimum Gasteiger partial charge on any atom is -0.481 e. The number of hydrogen-bond donors (Lipinski definition) is 2. The number of sulfonamides is 1. The molecule has 20 heavy (non-hydrogen) atoms. The topological polar surface area (TPSA) is 110 Å². The highest BCUT2D eigenvalue weighted by Gasteiger charge is 2.25. The van der Waals surface area contributed by atoms with Crippen LogP contribution in [0.1, 0.15) is 40.0 Å². The summed E-state index contributed by atoms with van der Waals surface area (Å²) in [5.41, 5.74) is -0.217. The molecule has 0 heterocycles. The van der Waals surface area contributed by atoms with Crippen molar-refractivity contribution >= 4 is 22.0 Å². The fourth-order valence-electron chi connectivity index (χ4n) is 1.74. The molecule has 0 radical (unpaired) electrons. The van der Waals surface area contributed by atoms with Gasteiger partial charge in [-0.3, -0.25) is 9.59 Å². The van der Waals surface area contributed by atoms with Gasteiger partial charge in [0.2, 0.25) is 10.0 Å². The zero-order valence-corrected chi connectivity index (χ0v) is 13.1. The first-order valence-electron chi connectivity index (χ1n) is 6.24. The monoisotopic (exact) mass is 309 g/mol. The van der Waals surface area contributed by atoms with Gasteiger partial charge in [-0.15, -0.1) is 0 Å². The Hall–Kier alpha value is -1.15. The van der Waals surface area contributed by atoms with Crippen molar-refractivity contribution in [3.63, 3.8) is 0 Å². The molecule has 0 aromatic rings. The maximum Gasteiger partial charge on any atom is 0.306 e. The molecule has 0 rings (SSSR count). The highest BCUT2D eigenvalue weighted by molar-refractivity contribution is 7.89. The van der Waals surface area contributed by atoms with E-state index >= 15 is 0 Å². The number of ether oxygens (including phenoxy) is 1. The summed E-state index contributed by atoms with van der Waals surface area (Å²) in [6.45, 7) is 5.68. The number of hydrogen-bond acceptors (Lipinski definition) is 5. The Morgan fingerprint density at radius 2 is 1.85 bits per heavy atom. The number of methoxy groups -OCH3 is 1. The molecule has 8 heteroatoms. The average Bonchev–Trinajstić information content (AvgIpc) is 2.21. The summed E-state index contributed by atoms with van der Waals surface area (Å²) in [4.78, 5) is 21.7. The lowest BCUT2D eigenvalue weighted by atomic mass is 9.87. The Bertz CT molecular complexity index is 437. The molecule has 0 spiro atoms. The first kappa shape index (κ1) is 18.9. The summed E-state index contributed by atoms with van der Waals surface area (Å²) < 4.78 is 30.3. The molecule has 0 aliphatic rings. The van der Waals surface area contributed by atoms with Crippen LogP contribution in [0, 0.1) is 5.41 Å².